The molecule has 1 saturated heterocycles. The van der Waals surface area contributed by atoms with Crippen molar-refractivity contribution in [3.63, 3.8) is 0 Å². The summed E-state index contributed by atoms with van der Waals surface area (Å²) < 4.78 is 13.5. The quantitative estimate of drug-likeness (QED) is 0.850. The van der Waals surface area contributed by atoms with Crippen LogP contribution in [0.5, 0.6) is 0 Å². The minimum atomic E-state index is -0.507. The van der Waals surface area contributed by atoms with Crippen molar-refractivity contribution < 1.29 is 9.18 Å². The number of halogens is 3. The Labute approximate surface area is 134 Å². The van der Waals surface area contributed by atoms with E-state index in [0.717, 1.165) is 25.9 Å². The number of nitrogens with one attached hydrogen (secondary N) is 1. The molecule has 1 N–H and O–H groups in total. The molecule has 1 heterocycles. The van der Waals surface area contributed by atoms with Crippen LogP contribution in [0.15, 0.2) is 12.1 Å². The van der Waals surface area contributed by atoms with Crippen molar-refractivity contribution in [2.75, 3.05) is 19.6 Å². The fourth-order valence-corrected chi connectivity index (χ4v) is 3.02. The maximum Gasteiger partial charge on any atom is 0.236 e. The van der Waals surface area contributed by atoms with Crippen LogP contribution in [0.1, 0.15) is 37.8 Å². The van der Waals surface area contributed by atoms with E-state index in [1.807, 2.05) is 11.8 Å². The second kappa shape index (κ2) is 7.43. The highest BCUT2D eigenvalue weighted by Crippen LogP contribution is 2.28. The van der Waals surface area contributed by atoms with Gasteiger partial charge in [-0.25, -0.2) is 4.39 Å². The van der Waals surface area contributed by atoms with Gasteiger partial charge in [-0.15, -0.1) is 0 Å². The first kappa shape index (κ1) is 16.5. The number of benzene rings is 1. The highest BCUT2D eigenvalue weighted by atomic mass is 35.5. The van der Waals surface area contributed by atoms with Crippen LogP contribution in [0.2, 0.25) is 10.0 Å². The predicted octanol–water partition coefficient (Wildman–Crippen LogP) is 3.80. The van der Waals surface area contributed by atoms with Crippen molar-refractivity contribution >= 4 is 29.1 Å². The zero-order valence-corrected chi connectivity index (χ0v) is 13.5. The van der Waals surface area contributed by atoms with Crippen molar-refractivity contribution in [2.45, 2.75) is 32.2 Å². The Hall–Kier alpha value is -0.840. The number of hydrogen-bond donors (Lipinski definition) is 1. The van der Waals surface area contributed by atoms with E-state index >= 15 is 0 Å². The molecule has 0 radical (unpaired) electrons. The molecule has 2 rings (SSSR count). The van der Waals surface area contributed by atoms with E-state index in [-0.39, 0.29) is 23.5 Å². The predicted molar refractivity (Wildman–Crippen MR) is 83.3 cm³/mol. The standard InChI is InChI=1S/C15H19Cl2FN2O/c1-10(11-7-14(18)13(17)8-12(11)16)19-9-15(21)20-5-3-2-4-6-20/h7-8,10,19H,2-6,9H2,1H3. The first-order chi connectivity index (χ1) is 9.99. The molecule has 0 spiro atoms. The van der Waals surface area contributed by atoms with Crippen LogP contribution < -0.4 is 5.32 Å². The second-order valence-electron chi connectivity index (χ2n) is 5.33. The minimum Gasteiger partial charge on any atom is -0.342 e. The number of carbonyl (C=O) groups excluding carboxylic acids is 1. The van der Waals surface area contributed by atoms with E-state index < -0.39 is 5.82 Å². The van der Waals surface area contributed by atoms with Gasteiger partial charge in [0.1, 0.15) is 5.82 Å². The van der Waals surface area contributed by atoms with Crippen molar-refractivity contribution in [2.24, 2.45) is 0 Å². The lowest BCUT2D eigenvalue weighted by molar-refractivity contribution is -0.131. The Morgan fingerprint density at radius 3 is 2.62 bits per heavy atom. The van der Waals surface area contributed by atoms with E-state index in [1.165, 1.54) is 18.6 Å². The average molecular weight is 333 g/mol. The lowest BCUT2D eigenvalue weighted by Crippen LogP contribution is -2.41. The van der Waals surface area contributed by atoms with Crippen LogP contribution in [0, 0.1) is 5.82 Å². The van der Waals surface area contributed by atoms with Gasteiger partial charge < -0.3 is 10.2 Å². The number of amides is 1. The molecular weight excluding hydrogens is 314 g/mol. The Morgan fingerprint density at radius 2 is 1.95 bits per heavy atom. The highest BCUT2D eigenvalue weighted by Gasteiger charge is 2.18. The lowest BCUT2D eigenvalue weighted by Gasteiger charge is -2.27. The van der Waals surface area contributed by atoms with Gasteiger partial charge >= 0.3 is 0 Å². The lowest BCUT2D eigenvalue weighted by atomic mass is 10.1. The number of hydrogen-bond acceptors (Lipinski definition) is 2. The molecule has 3 nitrogen and oxygen atoms in total. The smallest absolute Gasteiger partial charge is 0.236 e. The zero-order chi connectivity index (χ0) is 15.4. The molecule has 116 valence electrons. The third-order valence-electron chi connectivity index (χ3n) is 3.77. The van der Waals surface area contributed by atoms with E-state index in [9.17, 15) is 9.18 Å². The molecule has 0 aliphatic carbocycles. The van der Waals surface area contributed by atoms with Gasteiger partial charge in [-0.05, 0) is 43.9 Å². The largest absolute Gasteiger partial charge is 0.342 e. The summed E-state index contributed by atoms with van der Waals surface area (Å²) in [4.78, 5) is 13.9. The fourth-order valence-electron chi connectivity index (χ4n) is 2.48. The molecule has 0 saturated carbocycles. The van der Waals surface area contributed by atoms with Gasteiger partial charge in [0.2, 0.25) is 5.91 Å². The molecule has 21 heavy (non-hydrogen) atoms. The van der Waals surface area contributed by atoms with Crippen LogP contribution in [0.3, 0.4) is 0 Å². The van der Waals surface area contributed by atoms with Crippen LogP contribution in [0.25, 0.3) is 0 Å². The molecule has 1 aromatic carbocycles. The maximum atomic E-state index is 13.5. The number of piperidine rings is 1. The van der Waals surface area contributed by atoms with Gasteiger partial charge in [0.05, 0.1) is 11.6 Å². The summed E-state index contributed by atoms with van der Waals surface area (Å²) in [5.41, 5.74) is 0.602. The van der Waals surface area contributed by atoms with Gasteiger partial charge in [-0.1, -0.05) is 23.2 Å². The summed E-state index contributed by atoms with van der Waals surface area (Å²) >= 11 is 11.8. The summed E-state index contributed by atoms with van der Waals surface area (Å²) in [6.07, 6.45) is 3.32. The van der Waals surface area contributed by atoms with E-state index in [4.69, 9.17) is 23.2 Å². The SMILES string of the molecule is CC(NCC(=O)N1CCCCC1)c1cc(F)c(Cl)cc1Cl. The fraction of sp³-hybridized carbons (Fsp3) is 0.533. The Bertz CT molecular complexity index is 519. The molecule has 0 aromatic heterocycles. The third kappa shape index (κ3) is 4.31. The molecule has 1 fully saturated rings. The van der Waals surface area contributed by atoms with E-state index in [1.54, 1.807) is 0 Å². The molecule has 1 aliphatic rings. The molecule has 0 bridgehead atoms. The van der Waals surface area contributed by atoms with Crippen molar-refractivity contribution in [3.05, 3.63) is 33.6 Å². The molecule has 1 unspecified atom stereocenters. The molecule has 1 aliphatic heterocycles. The van der Waals surface area contributed by atoms with Gasteiger partial charge in [-0.3, -0.25) is 4.79 Å². The Morgan fingerprint density at radius 1 is 1.29 bits per heavy atom. The Balaban J connectivity index is 1.93. The molecule has 1 atom stereocenters. The van der Waals surface area contributed by atoms with Gasteiger partial charge in [-0.2, -0.15) is 0 Å². The van der Waals surface area contributed by atoms with Crippen molar-refractivity contribution in [1.82, 2.24) is 10.2 Å². The normalized spacial score (nSPS) is 16.9. The number of carbonyl (C=O) groups is 1. The summed E-state index contributed by atoms with van der Waals surface area (Å²) in [7, 11) is 0. The summed E-state index contributed by atoms with van der Waals surface area (Å²) in [6.45, 7) is 3.72. The number of likely N-dealkylation sites (tertiary alicyclic amines) is 1. The molecule has 6 heteroatoms. The van der Waals surface area contributed by atoms with Crippen LogP contribution >= 0.6 is 23.2 Å². The van der Waals surface area contributed by atoms with E-state index in [2.05, 4.69) is 5.32 Å². The van der Waals surface area contributed by atoms with Gasteiger partial charge in [0, 0.05) is 24.2 Å². The average Bonchev–Trinajstić information content (AvgIpc) is 2.49. The zero-order valence-electron chi connectivity index (χ0n) is 12.0. The highest BCUT2D eigenvalue weighted by molar-refractivity contribution is 6.35. The van der Waals surface area contributed by atoms with Crippen LogP contribution in [0.4, 0.5) is 4.39 Å². The van der Waals surface area contributed by atoms with Crippen LogP contribution in [-0.4, -0.2) is 30.4 Å². The summed E-state index contributed by atoms with van der Waals surface area (Å²) in [6, 6.07) is 2.48. The summed E-state index contributed by atoms with van der Waals surface area (Å²) in [5, 5.41) is 3.49. The van der Waals surface area contributed by atoms with Gasteiger partial charge in [0.15, 0.2) is 0 Å². The summed E-state index contributed by atoms with van der Waals surface area (Å²) in [5.74, 6) is -0.431. The maximum absolute atomic E-state index is 13.5. The first-order valence-electron chi connectivity index (χ1n) is 7.14. The molecular formula is C15H19Cl2FN2O. The second-order valence-corrected chi connectivity index (χ2v) is 6.15. The van der Waals surface area contributed by atoms with Crippen molar-refractivity contribution in [1.29, 1.82) is 0 Å². The minimum absolute atomic E-state index is 0.000318. The first-order valence-corrected chi connectivity index (χ1v) is 7.90. The topological polar surface area (TPSA) is 32.3 Å². The number of nitrogens with zero attached hydrogens (tertiary/aromatic N) is 1. The van der Waals surface area contributed by atoms with E-state index in [0.29, 0.717) is 10.6 Å². The molecule has 1 aromatic rings. The monoisotopic (exact) mass is 332 g/mol. The number of rotatable bonds is 4. The van der Waals surface area contributed by atoms with Crippen LogP contribution in [-0.2, 0) is 4.79 Å². The third-order valence-corrected chi connectivity index (χ3v) is 4.39. The van der Waals surface area contributed by atoms with Crippen molar-refractivity contribution in [3.8, 4) is 0 Å². The Kier molecular flexibility index (Phi) is 5.85. The van der Waals surface area contributed by atoms with Gasteiger partial charge in [0.25, 0.3) is 0 Å². The molecule has 1 amide bonds.